The number of rotatable bonds is 2. The number of fused-ring (bicyclic) bond motifs is 1. The van der Waals surface area contributed by atoms with Crippen molar-refractivity contribution in [2.24, 2.45) is 11.8 Å². The van der Waals surface area contributed by atoms with E-state index in [4.69, 9.17) is 0 Å². The molecule has 1 aliphatic heterocycles. The monoisotopic (exact) mass is 270 g/mol. The number of hydrogen-bond donors (Lipinski definition) is 1. The van der Waals surface area contributed by atoms with Crippen LogP contribution in [0.25, 0.3) is 10.8 Å². The second-order valence-corrected chi connectivity index (χ2v) is 6.00. The third-order valence-corrected chi connectivity index (χ3v) is 4.66. The van der Waals surface area contributed by atoms with Crippen LogP contribution in [0.5, 0.6) is 0 Å². The summed E-state index contributed by atoms with van der Waals surface area (Å²) in [5.41, 5.74) is 0.905. The minimum Gasteiger partial charge on any atom is -0.392 e. The van der Waals surface area contributed by atoms with Crippen LogP contribution in [0.3, 0.4) is 0 Å². The molecule has 106 valence electrons. The Labute approximate surface area is 120 Å². The predicted molar refractivity (Wildman–Crippen MR) is 82.8 cm³/mol. The molecular weight excluding hydrogens is 248 g/mol. The van der Waals surface area contributed by atoms with Crippen LogP contribution in [0.4, 0.5) is 5.82 Å². The zero-order valence-electron chi connectivity index (χ0n) is 12.2. The fourth-order valence-electron chi connectivity index (χ4n) is 3.07. The van der Waals surface area contributed by atoms with Crippen molar-refractivity contribution in [2.45, 2.75) is 26.9 Å². The number of piperidine rings is 1. The number of aliphatic hydroxyl groups is 1. The summed E-state index contributed by atoms with van der Waals surface area (Å²) < 4.78 is 0. The summed E-state index contributed by atoms with van der Waals surface area (Å²) in [4.78, 5) is 7.02. The van der Waals surface area contributed by atoms with E-state index in [2.05, 4.69) is 35.9 Å². The highest BCUT2D eigenvalue weighted by Crippen LogP contribution is 2.31. The highest BCUT2D eigenvalue weighted by Gasteiger charge is 2.24. The fraction of sp³-hybridized carbons (Fsp3) is 0.471. The van der Waals surface area contributed by atoms with Gasteiger partial charge in [0.1, 0.15) is 5.82 Å². The summed E-state index contributed by atoms with van der Waals surface area (Å²) in [6.07, 6.45) is 3.04. The Morgan fingerprint density at radius 3 is 2.65 bits per heavy atom. The maximum absolute atomic E-state index is 9.46. The fourth-order valence-corrected chi connectivity index (χ4v) is 3.07. The molecule has 0 aliphatic carbocycles. The van der Waals surface area contributed by atoms with Crippen LogP contribution in [0.2, 0.25) is 0 Å². The van der Waals surface area contributed by atoms with E-state index < -0.39 is 0 Å². The molecule has 0 amide bonds. The van der Waals surface area contributed by atoms with Gasteiger partial charge in [-0.1, -0.05) is 38.1 Å². The SMILES string of the molecule is CC1CCN(c2ncc(CO)c3ccccc23)CC1C. The zero-order chi connectivity index (χ0) is 14.1. The number of aliphatic hydroxyl groups excluding tert-OH is 1. The van der Waals surface area contributed by atoms with Crippen LogP contribution < -0.4 is 4.90 Å². The summed E-state index contributed by atoms with van der Waals surface area (Å²) >= 11 is 0. The summed E-state index contributed by atoms with van der Waals surface area (Å²) in [5.74, 6) is 2.55. The molecule has 2 aromatic rings. The van der Waals surface area contributed by atoms with Gasteiger partial charge in [-0.2, -0.15) is 0 Å². The molecule has 2 atom stereocenters. The van der Waals surface area contributed by atoms with Crippen molar-refractivity contribution in [3.05, 3.63) is 36.0 Å². The van der Waals surface area contributed by atoms with Gasteiger partial charge in [0.15, 0.2) is 0 Å². The summed E-state index contributed by atoms with van der Waals surface area (Å²) in [5, 5.41) is 11.7. The Morgan fingerprint density at radius 1 is 1.20 bits per heavy atom. The van der Waals surface area contributed by atoms with Crippen molar-refractivity contribution >= 4 is 16.6 Å². The number of hydrogen-bond acceptors (Lipinski definition) is 3. The van der Waals surface area contributed by atoms with Gasteiger partial charge in [-0.15, -0.1) is 0 Å². The minimum atomic E-state index is 0.0429. The Hall–Kier alpha value is -1.61. The molecule has 0 bridgehead atoms. The van der Waals surface area contributed by atoms with Crippen molar-refractivity contribution in [1.29, 1.82) is 0 Å². The number of aromatic nitrogens is 1. The number of pyridine rings is 1. The molecule has 0 radical (unpaired) electrons. The lowest BCUT2D eigenvalue weighted by Crippen LogP contribution is -2.39. The van der Waals surface area contributed by atoms with Crippen LogP contribution in [0.1, 0.15) is 25.8 Å². The summed E-state index contributed by atoms with van der Waals surface area (Å²) in [7, 11) is 0. The summed E-state index contributed by atoms with van der Waals surface area (Å²) in [6.45, 7) is 6.84. The lowest BCUT2D eigenvalue weighted by Gasteiger charge is -2.36. The van der Waals surface area contributed by atoms with E-state index in [1.54, 1.807) is 0 Å². The van der Waals surface area contributed by atoms with Gasteiger partial charge in [0, 0.05) is 30.2 Å². The normalized spacial score (nSPS) is 23.2. The molecule has 2 heterocycles. The standard InChI is InChI=1S/C17H22N2O/c1-12-7-8-19(10-13(12)2)17-16-6-4-3-5-15(16)14(11-20)9-18-17/h3-6,9,12-13,20H,7-8,10-11H2,1-2H3. The topological polar surface area (TPSA) is 36.4 Å². The van der Waals surface area contributed by atoms with Crippen LogP contribution >= 0.6 is 0 Å². The third kappa shape index (κ3) is 2.27. The highest BCUT2D eigenvalue weighted by atomic mass is 16.3. The molecule has 1 aromatic heterocycles. The molecule has 20 heavy (non-hydrogen) atoms. The average molecular weight is 270 g/mol. The molecule has 3 nitrogen and oxygen atoms in total. The van der Waals surface area contributed by atoms with E-state index >= 15 is 0 Å². The zero-order valence-corrected chi connectivity index (χ0v) is 12.2. The van der Waals surface area contributed by atoms with Crippen molar-refractivity contribution < 1.29 is 5.11 Å². The van der Waals surface area contributed by atoms with E-state index in [1.165, 1.54) is 6.42 Å². The molecule has 2 unspecified atom stereocenters. The lowest BCUT2D eigenvalue weighted by molar-refractivity contribution is 0.283. The van der Waals surface area contributed by atoms with Crippen molar-refractivity contribution in [3.63, 3.8) is 0 Å². The van der Waals surface area contributed by atoms with Gasteiger partial charge in [-0.3, -0.25) is 0 Å². The van der Waals surface area contributed by atoms with Gasteiger partial charge in [0.25, 0.3) is 0 Å². The van der Waals surface area contributed by atoms with E-state index in [9.17, 15) is 5.11 Å². The Morgan fingerprint density at radius 2 is 1.95 bits per heavy atom. The first-order valence-corrected chi connectivity index (χ1v) is 7.43. The second kappa shape index (κ2) is 5.41. The Kier molecular flexibility index (Phi) is 3.62. The minimum absolute atomic E-state index is 0.0429. The molecule has 3 rings (SSSR count). The quantitative estimate of drug-likeness (QED) is 0.910. The molecule has 1 aliphatic rings. The van der Waals surface area contributed by atoms with E-state index in [0.717, 1.165) is 41.2 Å². The van der Waals surface area contributed by atoms with Crippen molar-refractivity contribution in [3.8, 4) is 0 Å². The van der Waals surface area contributed by atoms with Crippen molar-refractivity contribution in [1.82, 2.24) is 4.98 Å². The molecule has 3 heteroatoms. The lowest BCUT2D eigenvalue weighted by atomic mass is 9.88. The first kappa shape index (κ1) is 13.4. The average Bonchev–Trinajstić information content (AvgIpc) is 2.49. The Bertz CT molecular complexity index is 611. The third-order valence-electron chi connectivity index (χ3n) is 4.66. The first-order valence-electron chi connectivity index (χ1n) is 7.43. The van der Waals surface area contributed by atoms with Crippen LogP contribution in [-0.4, -0.2) is 23.2 Å². The molecule has 1 saturated heterocycles. The second-order valence-electron chi connectivity index (χ2n) is 6.00. The van der Waals surface area contributed by atoms with Gasteiger partial charge < -0.3 is 10.0 Å². The van der Waals surface area contributed by atoms with Gasteiger partial charge in [-0.05, 0) is 23.6 Å². The predicted octanol–water partition coefficient (Wildman–Crippen LogP) is 3.21. The van der Waals surface area contributed by atoms with E-state index in [-0.39, 0.29) is 6.61 Å². The molecular formula is C17H22N2O. The highest BCUT2D eigenvalue weighted by molar-refractivity contribution is 5.94. The smallest absolute Gasteiger partial charge is 0.136 e. The number of nitrogens with zero attached hydrogens (tertiary/aromatic N) is 2. The van der Waals surface area contributed by atoms with Gasteiger partial charge in [-0.25, -0.2) is 4.98 Å². The van der Waals surface area contributed by atoms with Gasteiger partial charge >= 0.3 is 0 Å². The van der Waals surface area contributed by atoms with Crippen LogP contribution in [0, 0.1) is 11.8 Å². The van der Waals surface area contributed by atoms with E-state index in [1.807, 2.05) is 18.3 Å². The molecule has 1 aromatic carbocycles. The van der Waals surface area contributed by atoms with Crippen molar-refractivity contribution in [2.75, 3.05) is 18.0 Å². The number of anilines is 1. The van der Waals surface area contributed by atoms with E-state index in [0.29, 0.717) is 5.92 Å². The maximum atomic E-state index is 9.46. The number of benzene rings is 1. The van der Waals surface area contributed by atoms with Gasteiger partial charge in [0.05, 0.1) is 6.61 Å². The van der Waals surface area contributed by atoms with Crippen LogP contribution in [-0.2, 0) is 6.61 Å². The molecule has 1 N–H and O–H groups in total. The largest absolute Gasteiger partial charge is 0.392 e. The molecule has 0 saturated carbocycles. The molecule has 0 spiro atoms. The van der Waals surface area contributed by atoms with Gasteiger partial charge in [0.2, 0.25) is 0 Å². The van der Waals surface area contributed by atoms with Crippen LogP contribution in [0.15, 0.2) is 30.5 Å². The first-order chi connectivity index (χ1) is 9.70. The summed E-state index contributed by atoms with van der Waals surface area (Å²) in [6, 6.07) is 8.25. The Balaban J connectivity index is 2.04. The molecule has 1 fully saturated rings. The maximum Gasteiger partial charge on any atom is 0.136 e.